The third kappa shape index (κ3) is 5.31. The lowest BCUT2D eigenvalue weighted by molar-refractivity contribution is -0.896. The smallest absolute Gasteiger partial charge is 0.410 e. The van der Waals surface area contributed by atoms with Gasteiger partial charge in [-0.2, -0.15) is 0 Å². The Hall–Kier alpha value is -1.60. The average Bonchev–Trinajstić information content (AvgIpc) is 3.01. The second-order valence-corrected chi connectivity index (χ2v) is 6.32. The Balaban J connectivity index is 1.61. The number of thiophene rings is 1. The summed E-state index contributed by atoms with van der Waals surface area (Å²) in [6, 6.07) is 4.10. The molecular formula is C15H24N3O3S+. The van der Waals surface area contributed by atoms with Gasteiger partial charge in [-0.1, -0.05) is 6.07 Å². The molecule has 0 atom stereocenters. The van der Waals surface area contributed by atoms with Gasteiger partial charge in [-0.15, -0.1) is 11.3 Å². The van der Waals surface area contributed by atoms with E-state index in [1.165, 1.54) is 9.78 Å². The van der Waals surface area contributed by atoms with Crippen LogP contribution in [0.4, 0.5) is 4.79 Å². The molecular weight excluding hydrogens is 302 g/mol. The van der Waals surface area contributed by atoms with Crippen molar-refractivity contribution < 1.29 is 19.2 Å². The van der Waals surface area contributed by atoms with Gasteiger partial charge in [0, 0.05) is 11.4 Å². The fourth-order valence-electron chi connectivity index (χ4n) is 2.47. The molecule has 6 nitrogen and oxygen atoms in total. The summed E-state index contributed by atoms with van der Waals surface area (Å²) in [6.07, 6.45) is 0.636. The van der Waals surface area contributed by atoms with E-state index < -0.39 is 0 Å². The van der Waals surface area contributed by atoms with Crippen molar-refractivity contribution in [1.29, 1.82) is 0 Å². The van der Waals surface area contributed by atoms with E-state index >= 15 is 0 Å². The summed E-state index contributed by atoms with van der Waals surface area (Å²) >= 11 is 1.71. The molecule has 0 aromatic carbocycles. The number of nitrogens with zero attached hydrogens (tertiary/aromatic N) is 1. The molecule has 22 heavy (non-hydrogen) atoms. The third-order valence-electron chi connectivity index (χ3n) is 3.68. The SMILES string of the molecule is CCOC(=O)N1CC[NH+](CC(=O)NCCc2cccs2)CC1. The maximum Gasteiger partial charge on any atom is 0.410 e. The zero-order chi connectivity index (χ0) is 15.8. The van der Waals surface area contributed by atoms with Gasteiger partial charge in [0.25, 0.3) is 5.91 Å². The van der Waals surface area contributed by atoms with Crippen molar-refractivity contribution in [3.8, 4) is 0 Å². The number of carbonyl (C=O) groups excluding carboxylic acids is 2. The van der Waals surface area contributed by atoms with Crippen molar-refractivity contribution in [3.63, 3.8) is 0 Å². The van der Waals surface area contributed by atoms with Crippen LogP contribution in [0.25, 0.3) is 0 Å². The van der Waals surface area contributed by atoms with Crippen LogP contribution < -0.4 is 10.2 Å². The average molecular weight is 326 g/mol. The molecule has 2 heterocycles. The Morgan fingerprint density at radius 1 is 1.41 bits per heavy atom. The van der Waals surface area contributed by atoms with Crippen LogP contribution in [0, 0.1) is 0 Å². The molecule has 2 rings (SSSR count). The summed E-state index contributed by atoms with van der Waals surface area (Å²) in [5.74, 6) is 0.0798. The molecule has 1 aliphatic heterocycles. The van der Waals surface area contributed by atoms with Gasteiger partial charge in [-0.05, 0) is 24.8 Å². The fourth-order valence-corrected chi connectivity index (χ4v) is 3.18. The van der Waals surface area contributed by atoms with E-state index in [0.29, 0.717) is 32.8 Å². The Labute approximate surface area is 135 Å². The number of hydrogen-bond donors (Lipinski definition) is 2. The van der Waals surface area contributed by atoms with Crippen molar-refractivity contribution in [1.82, 2.24) is 10.2 Å². The summed E-state index contributed by atoms with van der Waals surface area (Å²) in [5, 5.41) is 5.01. The van der Waals surface area contributed by atoms with E-state index in [9.17, 15) is 9.59 Å². The van der Waals surface area contributed by atoms with E-state index in [4.69, 9.17) is 4.74 Å². The summed E-state index contributed by atoms with van der Waals surface area (Å²) in [7, 11) is 0. The molecule has 1 saturated heterocycles. The first-order valence-electron chi connectivity index (χ1n) is 7.73. The Morgan fingerprint density at radius 2 is 2.18 bits per heavy atom. The molecule has 1 fully saturated rings. The summed E-state index contributed by atoms with van der Waals surface area (Å²) in [4.78, 5) is 27.7. The number of carbonyl (C=O) groups is 2. The van der Waals surface area contributed by atoms with Crippen molar-refractivity contribution in [2.75, 3.05) is 45.9 Å². The molecule has 1 aromatic rings. The molecule has 7 heteroatoms. The molecule has 2 amide bonds. The van der Waals surface area contributed by atoms with Crippen molar-refractivity contribution >= 4 is 23.3 Å². The standard InChI is InChI=1S/C15H23N3O3S/c1-2-21-15(20)18-9-7-17(8-10-18)12-14(19)16-6-5-13-4-3-11-22-13/h3-4,11H,2,5-10,12H2,1H3,(H,16,19)/p+1. The highest BCUT2D eigenvalue weighted by Crippen LogP contribution is 2.07. The Bertz CT molecular complexity index is 470. The van der Waals surface area contributed by atoms with E-state index in [1.807, 2.05) is 11.4 Å². The molecule has 0 radical (unpaired) electrons. The normalized spacial score (nSPS) is 15.6. The molecule has 0 saturated carbocycles. The number of piperazine rings is 1. The number of nitrogens with one attached hydrogen (secondary N) is 2. The second kappa shape index (κ2) is 8.75. The quantitative estimate of drug-likeness (QED) is 0.759. The van der Waals surface area contributed by atoms with Crippen LogP contribution in [-0.4, -0.2) is 62.8 Å². The molecule has 0 aliphatic carbocycles. The second-order valence-electron chi connectivity index (χ2n) is 5.29. The summed E-state index contributed by atoms with van der Waals surface area (Å²) in [5.41, 5.74) is 0. The largest absolute Gasteiger partial charge is 0.450 e. The van der Waals surface area contributed by atoms with Gasteiger partial charge in [-0.3, -0.25) is 9.69 Å². The van der Waals surface area contributed by atoms with Crippen LogP contribution in [-0.2, 0) is 16.0 Å². The highest BCUT2D eigenvalue weighted by atomic mass is 32.1. The van der Waals surface area contributed by atoms with Gasteiger partial charge < -0.3 is 15.0 Å². The minimum Gasteiger partial charge on any atom is -0.450 e. The minimum absolute atomic E-state index is 0.0798. The van der Waals surface area contributed by atoms with E-state index in [-0.39, 0.29) is 12.0 Å². The molecule has 122 valence electrons. The van der Waals surface area contributed by atoms with Crippen LogP contribution in [0.5, 0.6) is 0 Å². The number of hydrogen-bond acceptors (Lipinski definition) is 4. The summed E-state index contributed by atoms with van der Waals surface area (Å²) < 4.78 is 4.99. The number of rotatable bonds is 6. The van der Waals surface area contributed by atoms with Gasteiger partial charge in [-0.25, -0.2) is 4.79 Å². The van der Waals surface area contributed by atoms with Crippen molar-refractivity contribution in [2.45, 2.75) is 13.3 Å². The number of quaternary nitrogens is 1. The van der Waals surface area contributed by atoms with Gasteiger partial charge in [0.1, 0.15) is 0 Å². The van der Waals surface area contributed by atoms with Gasteiger partial charge in [0.05, 0.1) is 32.8 Å². The fraction of sp³-hybridized carbons (Fsp3) is 0.600. The minimum atomic E-state index is -0.248. The maximum absolute atomic E-state index is 11.9. The first kappa shape index (κ1) is 16.8. The molecule has 0 spiro atoms. The Kier molecular flexibility index (Phi) is 6.67. The van der Waals surface area contributed by atoms with E-state index in [1.54, 1.807) is 23.2 Å². The molecule has 1 aromatic heterocycles. The molecule has 2 N–H and O–H groups in total. The number of ether oxygens (including phenoxy) is 1. The molecule has 0 unspecified atom stereocenters. The predicted molar refractivity (Wildman–Crippen MR) is 85.2 cm³/mol. The van der Waals surface area contributed by atoms with Crippen LogP contribution in [0.1, 0.15) is 11.8 Å². The van der Waals surface area contributed by atoms with Crippen molar-refractivity contribution in [3.05, 3.63) is 22.4 Å². The Morgan fingerprint density at radius 3 is 2.82 bits per heavy atom. The number of amides is 2. The first-order valence-corrected chi connectivity index (χ1v) is 8.61. The van der Waals surface area contributed by atoms with Crippen LogP contribution in [0.2, 0.25) is 0 Å². The lowest BCUT2D eigenvalue weighted by Gasteiger charge is -2.31. The van der Waals surface area contributed by atoms with Crippen LogP contribution in [0.15, 0.2) is 17.5 Å². The molecule has 0 bridgehead atoms. The highest BCUT2D eigenvalue weighted by molar-refractivity contribution is 7.09. The first-order chi connectivity index (χ1) is 10.7. The predicted octanol–water partition coefficient (Wildman–Crippen LogP) is -0.236. The zero-order valence-corrected chi connectivity index (χ0v) is 13.8. The van der Waals surface area contributed by atoms with Gasteiger partial charge >= 0.3 is 6.09 Å². The maximum atomic E-state index is 11.9. The molecule has 1 aliphatic rings. The lowest BCUT2D eigenvalue weighted by atomic mass is 10.3. The van der Waals surface area contributed by atoms with Crippen LogP contribution in [0.3, 0.4) is 0 Å². The highest BCUT2D eigenvalue weighted by Gasteiger charge is 2.25. The monoisotopic (exact) mass is 326 g/mol. The zero-order valence-electron chi connectivity index (χ0n) is 13.0. The van der Waals surface area contributed by atoms with Crippen molar-refractivity contribution in [2.24, 2.45) is 0 Å². The lowest BCUT2D eigenvalue weighted by Crippen LogP contribution is -3.15. The van der Waals surface area contributed by atoms with Gasteiger partial charge in [0.2, 0.25) is 0 Å². The van der Waals surface area contributed by atoms with E-state index in [0.717, 1.165) is 19.5 Å². The van der Waals surface area contributed by atoms with Crippen LogP contribution >= 0.6 is 11.3 Å². The van der Waals surface area contributed by atoms with Gasteiger partial charge in [0.15, 0.2) is 6.54 Å². The topological polar surface area (TPSA) is 63.1 Å². The third-order valence-corrected chi connectivity index (χ3v) is 4.62. The summed E-state index contributed by atoms with van der Waals surface area (Å²) in [6.45, 7) is 6.24. The van der Waals surface area contributed by atoms with E-state index in [2.05, 4.69) is 11.4 Å².